The highest BCUT2D eigenvalue weighted by atomic mass is 32.2. The van der Waals surface area contributed by atoms with Gasteiger partial charge in [0.05, 0.1) is 0 Å². The van der Waals surface area contributed by atoms with E-state index in [-0.39, 0.29) is 4.75 Å². The highest BCUT2D eigenvalue weighted by Gasteiger charge is 2.33. The minimum absolute atomic E-state index is 0.254. The van der Waals surface area contributed by atoms with Gasteiger partial charge >= 0.3 is 0 Å². The van der Waals surface area contributed by atoms with Gasteiger partial charge in [0.2, 0.25) is 0 Å². The van der Waals surface area contributed by atoms with Gasteiger partial charge in [0.15, 0.2) is 5.96 Å². The Morgan fingerprint density at radius 2 is 2.17 bits per heavy atom. The summed E-state index contributed by atoms with van der Waals surface area (Å²) in [6.07, 6.45) is 4.68. The van der Waals surface area contributed by atoms with Gasteiger partial charge in [-0.1, -0.05) is 13.8 Å². The second-order valence-corrected chi connectivity index (χ2v) is 7.71. The molecule has 1 atom stereocenters. The number of aliphatic imine (C=N–C) groups is 1. The zero-order chi connectivity index (χ0) is 13.8. The molecule has 4 heteroatoms. The molecule has 0 amide bonds. The predicted molar refractivity (Wildman–Crippen MR) is 83.5 cm³/mol. The second kappa shape index (κ2) is 6.18. The maximum Gasteiger partial charge on any atom is 0.193 e. The fourth-order valence-electron chi connectivity index (χ4n) is 2.19. The van der Waals surface area contributed by atoms with Crippen LogP contribution in [0.4, 0.5) is 0 Å². The largest absolute Gasteiger partial charge is 0.355 e. The van der Waals surface area contributed by atoms with E-state index in [0.29, 0.717) is 5.41 Å². The summed E-state index contributed by atoms with van der Waals surface area (Å²) < 4.78 is 0.254. The van der Waals surface area contributed by atoms with Crippen molar-refractivity contribution in [1.82, 2.24) is 10.2 Å². The number of guanidine groups is 1. The van der Waals surface area contributed by atoms with Crippen LogP contribution in [0.2, 0.25) is 0 Å². The van der Waals surface area contributed by atoms with Crippen molar-refractivity contribution >= 4 is 17.7 Å². The Labute approximate surface area is 117 Å². The number of hydrogen-bond acceptors (Lipinski definition) is 2. The van der Waals surface area contributed by atoms with Crippen LogP contribution in [0, 0.1) is 5.41 Å². The Kier molecular flexibility index (Phi) is 5.38. The van der Waals surface area contributed by atoms with Gasteiger partial charge < -0.3 is 10.2 Å². The van der Waals surface area contributed by atoms with Gasteiger partial charge in [0, 0.05) is 31.4 Å². The first kappa shape index (κ1) is 15.7. The lowest BCUT2D eigenvalue weighted by Gasteiger charge is -2.28. The van der Waals surface area contributed by atoms with E-state index in [1.54, 1.807) is 0 Å². The van der Waals surface area contributed by atoms with E-state index < -0.39 is 0 Å². The molecule has 1 heterocycles. The van der Waals surface area contributed by atoms with Gasteiger partial charge in [0.1, 0.15) is 0 Å². The Morgan fingerprint density at radius 1 is 1.50 bits per heavy atom. The van der Waals surface area contributed by atoms with Crippen LogP contribution in [0.1, 0.15) is 40.5 Å². The van der Waals surface area contributed by atoms with Crippen LogP contribution in [-0.2, 0) is 0 Å². The van der Waals surface area contributed by atoms with Crippen LogP contribution in [-0.4, -0.2) is 48.5 Å². The van der Waals surface area contributed by atoms with Gasteiger partial charge in [-0.25, -0.2) is 0 Å². The molecule has 0 aliphatic carbocycles. The third-order valence-electron chi connectivity index (χ3n) is 4.15. The molecule has 0 aromatic rings. The summed E-state index contributed by atoms with van der Waals surface area (Å²) >= 11 is 1.89. The first-order valence-electron chi connectivity index (χ1n) is 6.86. The molecule has 1 aliphatic heterocycles. The smallest absolute Gasteiger partial charge is 0.193 e. The molecule has 1 N–H and O–H groups in total. The van der Waals surface area contributed by atoms with Crippen LogP contribution in [0.3, 0.4) is 0 Å². The molecule has 0 spiro atoms. The molecule has 18 heavy (non-hydrogen) atoms. The fourth-order valence-corrected chi connectivity index (χ4v) is 2.41. The summed E-state index contributed by atoms with van der Waals surface area (Å²) in [7, 11) is 1.88. The van der Waals surface area contributed by atoms with Crippen molar-refractivity contribution < 1.29 is 0 Å². The summed E-state index contributed by atoms with van der Waals surface area (Å²) in [4.78, 5) is 6.83. The molecule has 0 radical (unpaired) electrons. The van der Waals surface area contributed by atoms with E-state index in [1.165, 1.54) is 12.8 Å². The van der Waals surface area contributed by atoms with E-state index in [9.17, 15) is 0 Å². The third kappa shape index (κ3) is 4.08. The summed E-state index contributed by atoms with van der Waals surface area (Å²) in [5, 5.41) is 3.52. The van der Waals surface area contributed by atoms with Gasteiger partial charge in [-0.2, -0.15) is 11.8 Å². The van der Waals surface area contributed by atoms with Crippen molar-refractivity contribution in [3.05, 3.63) is 0 Å². The zero-order valence-corrected chi connectivity index (χ0v) is 13.7. The molecule has 0 bridgehead atoms. The van der Waals surface area contributed by atoms with Gasteiger partial charge in [-0.05, 0) is 38.4 Å². The predicted octanol–water partition coefficient (Wildman–Crippen LogP) is 2.83. The van der Waals surface area contributed by atoms with Crippen molar-refractivity contribution in [2.75, 3.05) is 32.9 Å². The standard InChI is InChI=1S/C14H29N3S/c1-7-14(4)8-9-17(11-14)12(15-5)16-10-13(2,3)18-6/h7-11H2,1-6H3,(H,15,16). The normalized spacial score (nSPS) is 25.7. The first-order chi connectivity index (χ1) is 8.36. The zero-order valence-electron chi connectivity index (χ0n) is 12.8. The quantitative estimate of drug-likeness (QED) is 0.629. The minimum atomic E-state index is 0.254. The number of likely N-dealkylation sites (tertiary alicyclic amines) is 1. The van der Waals surface area contributed by atoms with E-state index in [2.05, 4.69) is 49.2 Å². The molecule has 0 aromatic heterocycles. The number of nitrogens with one attached hydrogen (secondary N) is 1. The molecule has 1 rings (SSSR count). The summed E-state index contributed by atoms with van der Waals surface area (Å²) in [5.74, 6) is 1.06. The average molecular weight is 271 g/mol. The molecule has 1 aliphatic rings. The van der Waals surface area contributed by atoms with Crippen molar-refractivity contribution in [2.24, 2.45) is 10.4 Å². The summed E-state index contributed by atoms with van der Waals surface area (Å²) in [6, 6.07) is 0. The highest BCUT2D eigenvalue weighted by Crippen LogP contribution is 2.32. The summed E-state index contributed by atoms with van der Waals surface area (Å²) in [6.45, 7) is 12.4. The highest BCUT2D eigenvalue weighted by molar-refractivity contribution is 7.99. The van der Waals surface area contributed by atoms with Crippen molar-refractivity contribution in [1.29, 1.82) is 0 Å². The Morgan fingerprint density at radius 3 is 2.61 bits per heavy atom. The number of hydrogen-bond donors (Lipinski definition) is 1. The molecule has 1 saturated heterocycles. The lowest BCUT2D eigenvalue weighted by Crippen LogP contribution is -2.45. The van der Waals surface area contributed by atoms with Gasteiger partial charge in [-0.3, -0.25) is 4.99 Å². The monoisotopic (exact) mass is 271 g/mol. The average Bonchev–Trinajstić information content (AvgIpc) is 2.74. The van der Waals surface area contributed by atoms with Crippen LogP contribution < -0.4 is 5.32 Å². The van der Waals surface area contributed by atoms with E-state index in [4.69, 9.17) is 0 Å². The third-order valence-corrected chi connectivity index (χ3v) is 5.40. The van der Waals surface area contributed by atoms with Crippen molar-refractivity contribution in [2.45, 2.75) is 45.3 Å². The molecule has 1 unspecified atom stereocenters. The lowest BCUT2D eigenvalue weighted by atomic mass is 9.87. The molecule has 0 saturated carbocycles. The molecular formula is C14H29N3S. The first-order valence-corrected chi connectivity index (χ1v) is 8.09. The maximum absolute atomic E-state index is 4.43. The number of nitrogens with zero attached hydrogens (tertiary/aromatic N) is 2. The fraction of sp³-hybridized carbons (Fsp3) is 0.929. The Hall–Kier alpha value is -0.380. The minimum Gasteiger partial charge on any atom is -0.355 e. The van der Waals surface area contributed by atoms with E-state index in [1.807, 2.05) is 18.8 Å². The SMILES string of the molecule is CCC1(C)CCN(C(=NC)NCC(C)(C)SC)C1. The van der Waals surface area contributed by atoms with Gasteiger partial charge in [-0.15, -0.1) is 0 Å². The molecular weight excluding hydrogens is 242 g/mol. The molecule has 0 aromatic carbocycles. The Bertz CT molecular complexity index is 301. The summed E-state index contributed by atoms with van der Waals surface area (Å²) in [5.41, 5.74) is 0.465. The molecule has 3 nitrogen and oxygen atoms in total. The van der Waals surface area contributed by atoms with E-state index >= 15 is 0 Å². The van der Waals surface area contributed by atoms with Crippen LogP contribution in [0.25, 0.3) is 0 Å². The topological polar surface area (TPSA) is 27.6 Å². The van der Waals surface area contributed by atoms with Crippen LogP contribution in [0.5, 0.6) is 0 Å². The Balaban J connectivity index is 2.54. The maximum atomic E-state index is 4.43. The van der Waals surface area contributed by atoms with Crippen LogP contribution >= 0.6 is 11.8 Å². The second-order valence-electron chi connectivity index (χ2n) is 6.20. The van der Waals surface area contributed by atoms with Gasteiger partial charge in [0.25, 0.3) is 0 Å². The number of thioether (sulfide) groups is 1. The van der Waals surface area contributed by atoms with Crippen molar-refractivity contribution in [3.63, 3.8) is 0 Å². The van der Waals surface area contributed by atoms with Crippen LogP contribution in [0.15, 0.2) is 4.99 Å². The number of rotatable bonds is 4. The molecule has 1 fully saturated rings. The van der Waals surface area contributed by atoms with Crippen molar-refractivity contribution in [3.8, 4) is 0 Å². The van der Waals surface area contributed by atoms with E-state index in [0.717, 1.165) is 25.6 Å². The lowest BCUT2D eigenvalue weighted by molar-refractivity contribution is 0.322. The molecule has 106 valence electrons.